The molecule has 0 bridgehead atoms. The van der Waals surface area contributed by atoms with Gasteiger partial charge in [0.15, 0.2) is 0 Å². The van der Waals surface area contributed by atoms with Crippen LogP contribution in [0.2, 0.25) is 0 Å². The number of nitro groups is 1. The SMILES string of the molecule is Cc1ccc(Nc2ncnc(N3CCc4ccccc43)c2[N+](=O)[O-])c(C)c1. The topological polar surface area (TPSA) is 84.2 Å². The summed E-state index contributed by atoms with van der Waals surface area (Å²) in [5.41, 5.74) is 4.91. The third-order valence-electron chi connectivity index (χ3n) is 4.76. The minimum absolute atomic E-state index is 0.117. The zero-order valence-corrected chi connectivity index (χ0v) is 15.1. The highest BCUT2D eigenvalue weighted by molar-refractivity contribution is 5.80. The molecule has 0 fully saturated rings. The first kappa shape index (κ1) is 17.0. The number of nitrogens with zero attached hydrogens (tertiary/aromatic N) is 4. The van der Waals surface area contributed by atoms with Gasteiger partial charge in [-0.1, -0.05) is 35.9 Å². The van der Waals surface area contributed by atoms with Crippen molar-refractivity contribution in [1.82, 2.24) is 9.97 Å². The third-order valence-corrected chi connectivity index (χ3v) is 4.76. The van der Waals surface area contributed by atoms with Crippen LogP contribution in [0.3, 0.4) is 0 Å². The van der Waals surface area contributed by atoms with Crippen LogP contribution >= 0.6 is 0 Å². The van der Waals surface area contributed by atoms with Crippen molar-refractivity contribution in [2.24, 2.45) is 0 Å². The molecule has 0 amide bonds. The zero-order chi connectivity index (χ0) is 19.0. The van der Waals surface area contributed by atoms with Gasteiger partial charge >= 0.3 is 5.69 Å². The normalized spacial score (nSPS) is 12.7. The summed E-state index contributed by atoms with van der Waals surface area (Å²) in [6.07, 6.45) is 2.20. The van der Waals surface area contributed by atoms with Crippen molar-refractivity contribution >= 4 is 28.7 Å². The van der Waals surface area contributed by atoms with Crippen molar-refractivity contribution in [3.8, 4) is 0 Å². The quantitative estimate of drug-likeness (QED) is 0.546. The Labute approximate surface area is 156 Å². The molecule has 0 radical (unpaired) electrons. The molecule has 1 aliphatic heterocycles. The van der Waals surface area contributed by atoms with Gasteiger partial charge in [0.25, 0.3) is 0 Å². The van der Waals surface area contributed by atoms with E-state index in [0.29, 0.717) is 12.4 Å². The lowest BCUT2D eigenvalue weighted by Gasteiger charge is -2.19. The number of aryl methyl sites for hydroxylation is 2. The average molecular weight is 361 g/mol. The van der Waals surface area contributed by atoms with Crippen molar-refractivity contribution in [3.63, 3.8) is 0 Å². The standard InChI is InChI=1S/C20H19N5O2/c1-13-7-8-16(14(2)11-13)23-19-18(25(26)27)20(22-12-21-19)24-10-9-15-5-3-4-6-17(15)24/h3-8,11-12H,9-10H2,1-2H3,(H,21,22,23). The van der Waals surface area contributed by atoms with Crippen LogP contribution in [0.5, 0.6) is 0 Å². The van der Waals surface area contributed by atoms with Crippen LogP contribution in [0.1, 0.15) is 16.7 Å². The Hall–Kier alpha value is -3.48. The molecule has 0 atom stereocenters. The largest absolute Gasteiger partial charge is 0.354 e. The molecule has 1 aromatic heterocycles. The molecule has 3 aromatic rings. The highest BCUT2D eigenvalue weighted by atomic mass is 16.6. The number of hydrogen-bond acceptors (Lipinski definition) is 6. The molecule has 7 nitrogen and oxygen atoms in total. The van der Waals surface area contributed by atoms with E-state index < -0.39 is 4.92 Å². The van der Waals surface area contributed by atoms with Gasteiger partial charge < -0.3 is 10.2 Å². The summed E-state index contributed by atoms with van der Waals surface area (Å²) in [7, 11) is 0. The third kappa shape index (κ3) is 3.08. The number of benzene rings is 2. The molecule has 136 valence electrons. The van der Waals surface area contributed by atoms with E-state index in [1.165, 1.54) is 6.33 Å². The highest BCUT2D eigenvalue weighted by Gasteiger charge is 2.31. The maximum absolute atomic E-state index is 11.9. The Morgan fingerprint density at radius 1 is 1.15 bits per heavy atom. The summed E-state index contributed by atoms with van der Waals surface area (Å²) >= 11 is 0. The van der Waals surface area contributed by atoms with E-state index in [2.05, 4.69) is 15.3 Å². The van der Waals surface area contributed by atoms with Gasteiger partial charge in [-0.25, -0.2) is 9.97 Å². The van der Waals surface area contributed by atoms with Gasteiger partial charge in [0.2, 0.25) is 11.6 Å². The van der Waals surface area contributed by atoms with Crippen molar-refractivity contribution < 1.29 is 4.92 Å². The molecule has 2 aromatic carbocycles. The van der Waals surface area contributed by atoms with Crippen LogP contribution in [0, 0.1) is 24.0 Å². The predicted octanol–water partition coefficient (Wildman–Crippen LogP) is 4.44. The fraction of sp³-hybridized carbons (Fsp3) is 0.200. The molecule has 1 aliphatic rings. The van der Waals surface area contributed by atoms with E-state index >= 15 is 0 Å². The summed E-state index contributed by atoms with van der Waals surface area (Å²) < 4.78 is 0. The number of fused-ring (bicyclic) bond motifs is 1. The summed E-state index contributed by atoms with van der Waals surface area (Å²) in [6, 6.07) is 13.8. The summed E-state index contributed by atoms with van der Waals surface area (Å²) in [6.45, 7) is 4.62. The first-order chi connectivity index (χ1) is 13.0. The number of aromatic nitrogens is 2. The second-order valence-corrected chi connectivity index (χ2v) is 6.63. The van der Waals surface area contributed by atoms with Crippen LogP contribution in [0.25, 0.3) is 0 Å². The first-order valence-electron chi connectivity index (χ1n) is 8.73. The zero-order valence-electron chi connectivity index (χ0n) is 15.1. The van der Waals surface area contributed by atoms with E-state index in [4.69, 9.17) is 0 Å². The molecule has 0 saturated carbocycles. The molecular weight excluding hydrogens is 342 g/mol. The smallest absolute Gasteiger partial charge is 0.334 e. The number of anilines is 4. The lowest BCUT2D eigenvalue weighted by Crippen LogP contribution is -2.17. The second kappa shape index (κ2) is 6.68. The number of rotatable bonds is 4. The van der Waals surface area contributed by atoms with Crippen LogP contribution in [-0.2, 0) is 6.42 Å². The van der Waals surface area contributed by atoms with Gasteiger partial charge in [0, 0.05) is 17.9 Å². The van der Waals surface area contributed by atoms with E-state index in [-0.39, 0.29) is 11.5 Å². The van der Waals surface area contributed by atoms with Crippen LogP contribution in [0.4, 0.5) is 28.7 Å². The number of para-hydroxylation sites is 1. The lowest BCUT2D eigenvalue weighted by atomic mass is 10.1. The molecule has 4 rings (SSSR count). The van der Waals surface area contributed by atoms with Crippen molar-refractivity contribution in [3.05, 3.63) is 75.6 Å². The van der Waals surface area contributed by atoms with Gasteiger partial charge in [0.1, 0.15) is 6.33 Å². The minimum Gasteiger partial charge on any atom is -0.334 e. The Morgan fingerprint density at radius 2 is 1.96 bits per heavy atom. The molecular formula is C20H19N5O2. The Bertz CT molecular complexity index is 1030. The van der Waals surface area contributed by atoms with E-state index in [0.717, 1.165) is 34.5 Å². The van der Waals surface area contributed by atoms with Crippen molar-refractivity contribution in [2.45, 2.75) is 20.3 Å². The van der Waals surface area contributed by atoms with Gasteiger partial charge in [0.05, 0.1) is 4.92 Å². The van der Waals surface area contributed by atoms with Crippen LogP contribution < -0.4 is 10.2 Å². The maximum atomic E-state index is 11.9. The minimum atomic E-state index is -0.415. The number of nitrogens with one attached hydrogen (secondary N) is 1. The molecule has 0 spiro atoms. The fourth-order valence-corrected chi connectivity index (χ4v) is 3.47. The highest BCUT2D eigenvalue weighted by Crippen LogP contribution is 2.40. The molecule has 7 heteroatoms. The molecule has 0 saturated heterocycles. The van der Waals surface area contributed by atoms with Crippen molar-refractivity contribution in [1.29, 1.82) is 0 Å². The Balaban J connectivity index is 1.79. The van der Waals surface area contributed by atoms with E-state index in [9.17, 15) is 10.1 Å². The number of hydrogen-bond donors (Lipinski definition) is 1. The molecule has 27 heavy (non-hydrogen) atoms. The Morgan fingerprint density at radius 3 is 2.74 bits per heavy atom. The maximum Gasteiger partial charge on any atom is 0.354 e. The Kier molecular flexibility index (Phi) is 4.19. The predicted molar refractivity (Wildman–Crippen MR) is 105 cm³/mol. The molecule has 0 aliphatic carbocycles. The molecule has 2 heterocycles. The lowest BCUT2D eigenvalue weighted by molar-refractivity contribution is -0.383. The van der Waals surface area contributed by atoms with Gasteiger partial charge in [-0.15, -0.1) is 0 Å². The first-order valence-corrected chi connectivity index (χ1v) is 8.73. The average Bonchev–Trinajstić information content (AvgIpc) is 3.07. The monoisotopic (exact) mass is 361 g/mol. The summed E-state index contributed by atoms with van der Waals surface area (Å²) in [5, 5.41) is 15.0. The van der Waals surface area contributed by atoms with E-state index in [1.54, 1.807) is 0 Å². The van der Waals surface area contributed by atoms with Crippen LogP contribution in [0.15, 0.2) is 48.8 Å². The van der Waals surface area contributed by atoms with Gasteiger partial charge in [-0.2, -0.15) is 0 Å². The fourth-order valence-electron chi connectivity index (χ4n) is 3.47. The van der Waals surface area contributed by atoms with Gasteiger partial charge in [-0.05, 0) is 43.5 Å². The molecule has 1 N–H and O–H groups in total. The van der Waals surface area contributed by atoms with Gasteiger partial charge in [-0.3, -0.25) is 10.1 Å². The summed E-state index contributed by atoms with van der Waals surface area (Å²) in [5.74, 6) is 0.508. The van der Waals surface area contributed by atoms with Crippen molar-refractivity contribution in [2.75, 3.05) is 16.8 Å². The molecule has 0 unspecified atom stereocenters. The van der Waals surface area contributed by atoms with E-state index in [1.807, 2.05) is 61.2 Å². The van der Waals surface area contributed by atoms with Crippen LogP contribution in [-0.4, -0.2) is 21.4 Å². The summed E-state index contributed by atoms with van der Waals surface area (Å²) in [4.78, 5) is 21.8. The second-order valence-electron chi connectivity index (χ2n) is 6.63.